The van der Waals surface area contributed by atoms with E-state index in [1.165, 1.54) is 5.56 Å². The van der Waals surface area contributed by atoms with Crippen LogP contribution in [0.15, 0.2) is 36.7 Å². The number of pyridine rings is 1. The molecule has 0 saturated heterocycles. The van der Waals surface area contributed by atoms with Crippen LogP contribution in [0.5, 0.6) is 0 Å². The lowest BCUT2D eigenvalue weighted by molar-refractivity contribution is 0.659. The van der Waals surface area contributed by atoms with Gasteiger partial charge >= 0.3 is 0 Å². The molecule has 7 nitrogen and oxygen atoms in total. The summed E-state index contributed by atoms with van der Waals surface area (Å²) in [7, 11) is 0. The van der Waals surface area contributed by atoms with Gasteiger partial charge in [0.25, 0.3) is 0 Å². The molecule has 9 heteroatoms. The summed E-state index contributed by atoms with van der Waals surface area (Å²) in [5, 5.41) is 11.0. The van der Waals surface area contributed by atoms with Crippen molar-refractivity contribution in [2.24, 2.45) is 0 Å². The Labute approximate surface area is 198 Å². The summed E-state index contributed by atoms with van der Waals surface area (Å²) >= 11 is 7.90. The van der Waals surface area contributed by atoms with Crippen LogP contribution in [0.3, 0.4) is 0 Å². The lowest BCUT2D eigenvalue weighted by atomic mass is 10.1. The van der Waals surface area contributed by atoms with Gasteiger partial charge in [-0.15, -0.1) is 16.4 Å². The first-order valence-corrected chi connectivity index (χ1v) is 11.8. The van der Waals surface area contributed by atoms with Gasteiger partial charge in [-0.1, -0.05) is 35.9 Å². The van der Waals surface area contributed by atoms with Crippen molar-refractivity contribution in [3.05, 3.63) is 69.9 Å². The van der Waals surface area contributed by atoms with Gasteiger partial charge in [-0.3, -0.25) is 4.68 Å². The molecule has 5 aromatic heterocycles. The Bertz CT molecular complexity index is 1690. The Kier molecular flexibility index (Phi) is 4.50. The van der Waals surface area contributed by atoms with Gasteiger partial charge in [-0.05, 0) is 44.9 Å². The molecule has 0 fully saturated rings. The Hall–Kier alpha value is -3.36. The van der Waals surface area contributed by atoms with E-state index in [9.17, 15) is 0 Å². The van der Waals surface area contributed by atoms with Crippen LogP contribution in [-0.4, -0.2) is 34.3 Å². The minimum absolute atomic E-state index is 0.663. The van der Waals surface area contributed by atoms with Gasteiger partial charge in [0.15, 0.2) is 11.5 Å². The monoisotopic (exact) mass is 473 g/mol. The lowest BCUT2D eigenvalue weighted by Crippen LogP contribution is -2.03. The molecule has 0 aliphatic carbocycles. The average Bonchev–Trinajstić information content (AvgIpc) is 3.45. The number of nitrogens with zero attached hydrogens (tertiary/aromatic N) is 7. The van der Waals surface area contributed by atoms with E-state index < -0.39 is 0 Å². The SMILES string of the molecule is Cc1cc(C)c2c(n1)sc1c2ncn2nc(-c3ccc(Cn4nc(C)c(Cl)c4C)cc3)nc12. The molecule has 6 aromatic rings. The molecule has 0 N–H and O–H groups in total. The number of halogens is 1. The van der Waals surface area contributed by atoms with Gasteiger partial charge in [-0.2, -0.15) is 5.10 Å². The molecule has 0 atom stereocenters. The average molecular weight is 474 g/mol. The number of hydrogen-bond acceptors (Lipinski definition) is 6. The van der Waals surface area contributed by atoms with E-state index in [-0.39, 0.29) is 0 Å². The van der Waals surface area contributed by atoms with Crippen LogP contribution in [0.4, 0.5) is 0 Å². The van der Waals surface area contributed by atoms with Crippen LogP contribution >= 0.6 is 22.9 Å². The summed E-state index contributed by atoms with van der Waals surface area (Å²) in [6.45, 7) is 8.69. The quantitative estimate of drug-likeness (QED) is 0.330. The van der Waals surface area contributed by atoms with Crippen molar-refractivity contribution >= 4 is 49.0 Å². The Morgan fingerprint density at radius 2 is 1.79 bits per heavy atom. The predicted octanol–water partition coefficient (Wildman–Crippen LogP) is 5.69. The van der Waals surface area contributed by atoms with E-state index in [4.69, 9.17) is 21.6 Å². The maximum absolute atomic E-state index is 6.28. The fourth-order valence-electron chi connectivity index (χ4n) is 4.25. The molecule has 33 heavy (non-hydrogen) atoms. The predicted molar refractivity (Wildman–Crippen MR) is 132 cm³/mol. The fraction of sp³-hybridized carbons (Fsp3) is 0.208. The largest absolute Gasteiger partial charge is 0.264 e. The number of aryl methyl sites for hydroxylation is 3. The summed E-state index contributed by atoms with van der Waals surface area (Å²) in [4.78, 5) is 15.2. The fourth-order valence-corrected chi connectivity index (χ4v) is 5.61. The minimum Gasteiger partial charge on any atom is -0.264 e. The molecule has 5 heterocycles. The van der Waals surface area contributed by atoms with Crippen molar-refractivity contribution < 1.29 is 0 Å². The van der Waals surface area contributed by atoms with Crippen molar-refractivity contribution in [1.29, 1.82) is 0 Å². The molecule has 1 aromatic carbocycles. The first-order valence-electron chi connectivity index (χ1n) is 10.6. The molecule has 0 saturated carbocycles. The Morgan fingerprint density at radius 3 is 2.52 bits per heavy atom. The highest BCUT2D eigenvalue weighted by molar-refractivity contribution is 7.26. The van der Waals surface area contributed by atoms with Crippen molar-refractivity contribution in [2.75, 3.05) is 0 Å². The molecule has 0 aliphatic rings. The normalized spacial score (nSPS) is 11.9. The van der Waals surface area contributed by atoms with Gasteiger partial charge in [0.05, 0.1) is 28.5 Å². The summed E-state index contributed by atoms with van der Waals surface area (Å²) in [5.41, 5.74) is 7.83. The number of fused-ring (bicyclic) bond motifs is 5. The first-order chi connectivity index (χ1) is 15.9. The molecule has 164 valence electrons. The van der Waals surface area contributed by atoms with Crippen LogP contribution in [0, 0.1) is 27.7 Å². The second-order valence-corrected chi connectivity index (χ2v) is 9.71. The zero-order chi connectivity index (χ0) is 22.9. The summed E-state index contributed by atoms with van der Waals surface area (Å²) in [6.07, 6.45) is 1.74. The number of benzene rings is 1. The Balaban J connectivity index is 1.39. The number of thiophene rings is 1. The van der Waals surface area contributed by atoms with Crippen LogP contribution in [0.1, 0.15) is 28.2 Å². The van der Waals surface area contributed by atoms with Crippen molar-refractivity contribution in [1.82, 2.24) is 34.3 Å². The van der Waals surface area contributed by atoms with Crippen molar-refractivity contribution in [3.8, 4) is 11.4 Å². The van der Waals surface area contributed by atoms with Crippen LogP contribution in [0.25, 0.3) is 37.5 Å². The Morgan fingerprint density at radius 1 is 1.00 bits per heavy atom. The highest BCUT2D eigenvalue weighted by atomic mass is 35.5. The molecule has 0 spiro atoms. The number of hydrogen-bond donors (Lipinski definition) is 0. The summed E-state index contributed by atoms with van der Waals surface area (Å²) in [6, 6.07) is 10.3. The third-order valence-corrected chi connectivity index (χ3v) is 7.55. The molecule has 6 rings (SSSR count). The van der Waals surface area contributed by atoms with Crippen LogP contribution in [-0.2, 0) is 6.54 Å². The van der Waals surface area contributed by atoms with E-state index >= 15 is 0 Å². The molecule has 0 aliphatic heterocycles. The van der Waals surface area contributed by atoms with E-state index in [0.29, 0.717) is 12.4 Å². The third-order valence-electron chi connectivity index (χ3n) is 5.93. The van der Waals surface area contributed by atoms with E-state index in [1.807, 2.05) is 37.6 Å². The standard InChI is InChI=1S/C24H20ClN7S/c1-12-9-13(2)27-24-18(12)20-21(33-24)23-28-22(30-32(23)11-26-20)17-7-5-16(6-8-17)10-31-15(4)19(25)14(3)29-31/h5-9,11H,10H2,1-4H3. The molecular weight excluding hydrogens is 454 g/mol. The second kappa shape index (κ2) is 7.33. The number of aromatic nitrogens is 7. The van der Waals surface area contributed by atoms with Gasteiger partial charge in [-0.25, -0.2) is 19.5 Å². The smallest absolute Gasteiger partial charge is 0.182 e. The number of rotatable bonds is 3. The van der Waals surface area contributed by atoms with Crippen molar-refractivity contribution in [2.45, 2.75) is 34.2 Å². The lowest BCUT2D eigenvalue weighted by Gasteiger charge is -2.05. The zero-order valence-corrected chi connectivity index (χ0v) is 20.2. The summed E-state index contributed by atoms with van der Waals surface area (Å²) < 4.78 is 4.68. The topological polar surface area (TPSA) is 73.8 Å². The van der Waals surface area contributed by atoms with E-state index in [0.717, 1.165) is 59.3 Å². The van der Waals surface area contributed by atoms with Crippen molar-refractivity contribution in [3.63, 3.8) is 0 Å². The van der Waals surface area contributed by atoms with E-state index in [1.54, 1.807) is 22.2 Å². The summed E-state index contributed by atoms with van der Waals surface area (Å²) in [5.74, 6) is 0.670. The highest BCUT2D eigenvalue weighted by Gasteiger charge is 2.17. The first kappa shape index (κ1) is 20.3. The van der Waals surface area contributed by atoms with Gasteiger partial charge < -0.3 is 0 Å². The zero-order valence-electron chi connectivity index (χ0n) is 18.6. The highest BCUT2D eigenvalue weighted by Crippen LogP contribution is 2.36. The maximum atomic E-state index is 6.28. The van der Waals surface area contributed by atoms with E-state index in [2.05, 4.69) is 40.3 Å². The maximum Gasteiger partial charge on any atom is 0.182 e. The van der Waals surface area contributed by atoms with Gasteiger partial charge in [0.1, 0.15) is 15.9 Å². The van der Waals surface area contributed by atoms with Crippen LogP contribution < -0.4 is 0 Å². The van der Waals surface area contributed by atoms with Gasteiger partial charge in [0.2, 0.25) is 0 Å². The van der Waals surface area contributed by atoms with Crippen LogP contribution in [0.2, 0.25) is 5.02 Å². The third kappa shape index (κ3) is 3.20. The van der Waals surface area contributed by atoms with Gasteiger partial charge in [0, 0.05) is 16.6 Å². The molecule has 0 bridgehead atoms. The molecule has 0 radical (unpaired) electrons. The molecular formula is C24H20ClN7S. The second-order valence-electron chi connectivity index (χ2n) is 8.33. The molecule has 0 unspecified atom stereocenters. The minimum atomic E-state index is 0.663. The molecule has 0 amide bonds.